The minimum Gasteiger partial charge on any atom is -0.354 e. The molecule has 10 heteroatoms. The second kappa shape index (κ2) is 15.0. The number of nitrogens with one attached hydrogen (secondary N) is 1. The molecule has 4 aliphatic carbocycles. The minimum absolute atomic E-state index is 0.00388. The van der Waals surface area contributed by atoms with Gasteiger partial charge in [-0.3, -0.25) is 13.9 Å². The van der Waals surface area contributed by atoms with Gasteiger partial charge >= 0.3 is 0 Å². The molecule has 4 aliphatic rings. The van der Waals surface area contributed by atoms with Crippen LogP contribution in [0.2, 0.25) is 10.0 Å². The Morgan fingerprint density at radius 2 is 1.55 bits per heavy atom. The van der Waals surface area contributed by atoms with Gasteiger partial charge in [0, 0.05) is 29.6 Å². The Bertz CT molecular complexity index is 1710. The number of anilines is 1. The van der Waals surface area contributed by atoms with Crippen LogP contribution in [0.15, 0.2) is 72.8 Å². The average Bonchev–Trinajstić information content (AvgIpc) is 3.05. The Morgan fingerprint density at radius 1 is 0.918 bits per heavy atom. The number of nitrogens with zero attached hydrogens (tertiary/aromatic N) is 2. The number of sulfonamides is 1. The summed E-state index contributed by atoms with van der Waals surface area (Å²) in [6.45, 7) is 2.04. The first-order valence-electron chi connectivity index (χ1n) is 17.6. The molecule has 4 fully saturated rings. The van der Waals surface area contributed by atoms with Crippen LogP contribution in [-0.4, -0.2) is 50.5 Å². The van der Waals surface area contributed by atoms with Gasteiger partial charge in [-0.25, -0.2) is 8.42 Å². The molecule has 7 rings (SSSR count). The number of hydrogen-bond acceptors (Lipinski definition) is 4. The summed E-state index contributed by atoms with van der Waals surface area (Å²) in [4.78, 5) is 29.8. The molecule has 1 N–H and O–H groups in total. The van der Waals surface area contributed by atoms with Gasteiger partial charge in [-0.2, -0.15) is 0 Å². The number of hydrogen-bond donors (Lipinski definition) is 1. The Morgan fingerprint density at radius 3 is 2.12 bits per heavy atom. The fourth-order valence-electron chi connectivity index (χ4n) is 8.95. The van der Waals surface area contributed by atoms with E-state index in [-0.39, 0.29) is 24.3 Å². The zero-order valence-electron chi connectivity index (χ0n) is 28.4. The molecule has 49 heavy (non-hydrogen) atoms. The van der Waals surface area contributed by atoms with E-state index >= 15 is 0 Å². The monoisotopic (exact) mass is 723 g/mol. The van der Waals surface area contributed by atoms with Crippen molar-refractivity contribution in [3.05, 3.63) is 99.5 Å². The molecule has 7 nitrogen and oxygen atoms in total. The van der Waals surface area contributed by atoms with E-state index in [0.717, 1.165) is 46.7 Å². The second-order valence-electron chi connectivity index (χ2n) is 14.6. The predicted molar refractivity (Wildman–Crippen MR) is 197 cm³/mol. The van der Waals surface area contributed by atoms with Gasteiger partial charge in [-0.1, -0.05) is 85.1 Å². The lowest BCUT2D eigenvalue weighted by Gasteiger charge is -2.57. The number of unbranched alkanes of at least 4 members (excludes halogenated alkanes) is 1. The summed E-state index contributed by atoms with van der Waals surface area (Å²) in [6.07, 6.45) is 10.7. The summed E-state index contributed by atoms with van der Waals surface area (Å²) in [7, 11) is -3.87. The van der Waals surface area contributed by atoms with Gasteiger partial charge in [0.05, 0.1) is 11.9 Å². The van der Waals surface area contributed by atoms with Crippen molar-refractivity contribution in [3.63, 3.8) is 0 Å². The lowest BCUT2D eigenvalue weighted by Crippen LogP contribution is -2.53. The van der Waals surface area contributed by atoms with Gasteiger partial charge < -0.3 is 10.2 Å². The zero-order chi connectivity index (χ0) is 34.8. The van der Waals surface area contributed by atoms with Crippen LogP contribution in [0.25, 0.3) is 0 Å². The Labute approximate surface area is 301 Å². The molecule has 262 valence electrons. The molecule has 0 radical (unpaired) electrons. The van der Waals surface area contributed by atoms with Crippen molar-refractivity contribution < 1.29 is 18.0 Å². The molecule has 2 amide bonds. The van der Waals surface area contributed by atoms with Gasteiger partial charge in [-0.05, 0) is 109 Å². The van der Waals surface area contributed by atoms with Crippen molar-refractivity contribution in [1.29, 1.82) is 0 Å². The van der Waals surface area contributed by atoms with E-state index in [2.05, 4.69) is 17.4 Å². The van der Waals surface area contributed by atoms with Crippen LogP contribution in [0.4, 0.5) is 5.69 Å². The Balaban J connectivity index is 1.31. The van der Waals surface area contributed by atoms with Crippen LogP contribution < -0.4 is 9.62 Å². The standard InChI is InChI=1S/C39H47Cl2N3O4S/c1-3-4-16-42-38(46)36(20-27-8-6-5-7-9-27)43(25-31-10-13-33(40)21-35(31)41)37(45)26-44(49(2,47)48)34-14-11-32(12-15-34)39-22-28-17-29(23-39)19-30(18-28)24-39/h5-15,21,28-30,36H,3-4,16-20,22-26H2,1-2H3,(H,42,46)/t28?,29?,30?,36-,39?/m1/s1. The second-order valence-corrected chi connectivity index (χ2v) is 17.4. The molecule has 0 aliphatic heterocycles. The molecule has 4 bridgehead atoms. The third kappa shape index (κ3) is 8.29. The van der Waals surface area contributed by atoms with Gasteiger partial charge in [0.25, 0.3) is 0 Å². The molecule has 0 unspecified atom stereocenters. The molecule has 0 heterocycles. The smallest absolute Gasteiger partial charge is 0.244 e. The third-order valence-corrected chi connectivity index (χ3v) is 12.7. The first kappa shape index (κ1) is 35.7. The largest absolute Gasteiger partial charge is 0.354 e. The molecule has 0 saturated heterocycles. The number of carbonyl (C=O) groups is 2. The molecule has 4 saturated carbocycles. The van der Waals surface area contributed by atoms with Crippen molar-refractivity contribution >= 4 is 50.7 Å². The van der Waals surface area contributed by atoms with Crippen LogP contribution >= 0.6 is 23.2 Å². The summed E-state index contributed by atoms with van der Waals surface area (Å²) < 4.78 is 27.9. The van der Waals surface area contributed by atoms with Crippen LogP contribution in [0, 0.1) is 17.8 Å². The summed E-state index contributed by atoms with van der Waals surface area (Å²) in [5, 5.41) is 3.81. The topological polar surface area (TPSA) is 86.8 Å². The first-order chi connectivity index (χ1) is 23.4. The van der Waals surface area contributed by atoms with Crippen LogP contribution in [0.1, 0.15) is 75.0 Å². The number of amides is 2. The van der Waals surface area contributed by atoms with Gasteiger partial charge in [0.2, 0.25) is 21.8 Å². The lowest BCUT2D eigenvalue weighted by atomic mass is 9.48. The van der Waals surface area contributed by atoms with Crippen molar-refractivity contribution in [2.75, 3.05) is 23.7 Å². The van der Waals surface area contributed by atoms with E-state index in [1.807, 2.05) is 49.4 Å². The van der Waals surface area contributed by atoms with Crippen molar-refractivity contribution in [1.82, 2.24) is 10.2 Å². The maximum absolute atomic E-state index is 14.5. The number of carbonyl (C=O) groups excluding carboxylic acids is 2. The normalized spacial score (nSPS) is 23.2. The average molecular weight is 725 g/mol. The van der Waals surface area contributed by atoms with E-state index in [1.165, 1.54) is 49.0 Å². The lowest BCUT2D eigenvalue weighted by molar-refractivity contribution is -0.140. The number of halogens is 2. The van der Waals surface area contributed by atoms with E-state index in [9.17, 15) is 18.0 Å². The predicted octanol–water partition coefficient (Wildman–Crippen LogP) is 7.78. The third-order valence-electron chi connectivity index (χ3n) is 10.9. The number of benzene rings is 3. The van der Waals surface area contributed by atoms with Crippen molar-refractivity contribution in [2.45, 2.75) is 82.7 Å². The number of rotatable bonds is 14. The van der Waals surface area contributed by atoms with E-state index < -0.39 is 28.5 Å². The summed E-state index contributed by atoms with van der Waals surface area (Å²) in [6, 6.07) is 21.5. The van der Waals surface area contributed by atoms with E-state index in [0.29, 0.717) is 27.8 Å². The fourth-order valence-corrected chi connectivity index (χ4v) is 10.3. The van der Waals surface area contributed by atoms with E-state index in [4.69, 9.17) is 23.2 Å². The molecule has 0 spiro atoms. The minimum atomic E-state index is -3.87. The van der Waals surface area contributed by atoms with E-state index in [1.54, 1.807) is 18.2 Å². The van der Waals surface area contributed by atoms with Crippen LogP contribution in [0.5, 0.6) is 0 Å². The highest BCUT2D eigenvalue weighted by atomic mass is 35.5. The summed E-state index contributed by atoms with van der Waals surface area (Å²) >= 11 is 12.8. The molecule has 0 aromatic heterocycles. The first-order valence-corrected chi connectivity index (χ1v) is 20.2. The Hall–Kier alpha value is -3.07. The van der Waals surface area contributed by atoms with Gasteiger partial charge in [-0.15, -0.1) is 0 Å². The zero-order valence-corrected chi connectivity index (χ0v) is 30.7. The summed E-state index contributed by atoms with van der Waals surface area (Å²) in [5.41, 5.74) is 3.35. The molecule has 3 aromatic rings. The van der Waals surface area contributed by atoms with Crippen LogP contribution in [0.3, 0.4) is 0 Å². The molecular formula is C39H47Cl2N3O4S. The molecule has 1 atom stereocenters. The highest BCUT2D eigenvalue weighted by molar-refractivity contribution is 7.92. The maximum Gasteiger partial charge on any atom is 0.244 e. The Kier molecular flexibility index (Phi) is 11.0. The summed E-state index contributed by atoms with van der Waals surface area (Å²) in [5.74, 6) is 1.56. The van der Waals surface area contributed by atoms with Crippen molar-refractivity contribution in [3.8, 4) is 0 Å². The highest BCUT2D eigenvalue weighted by Crippen LogP contribution is 2.60. The van der Waals surface area contributed by atoms with Crippen LogP contribution in [-0.2, 0) is 38.0 Å². The van der Waals surface area contributed by atoms with Gasteiger partial charge in [0.15, 0.2) is 0 Å². The fraction of sp³-hybridized carbons (Fsp3) is 0.487. The van der Waals surface area contributed by atoms with Gasteiger partial charge in [0.1, 0.15) is 12.6 Å². The maximum atomic E-state index is 14.5. The quantitative estimate of drug-likeness (QED) is 0.172. The molecular weight excluding hydrogens is 677 g/mol. The highest BCUT2D eigenvalue weighted by Gasteiger charge is 2.51. The SMILES string of the molecule is CCCCNC(=O)[C@@H](Cc1ccccc1)N(Cc1ccc(Cl)cc1Cl)C(=O)CN(c1ccc(C23CC4CC(CC(C4)C2)C3)cc1)S(C)(=O)=O. The molecule has 3 aromatic carbocycles. The van der Waals surface area contributed by atoms with Crippen molar-refractivity contribution in [2.24, 2.45) is 17.8 Å².